The van der Waals surface area contributed by atoms with Crippen molar-refractivity contribution < 1.29 is 0 Å². The fourth-order valence-electron chi connectivity index (χ4n) is 4.22. The zero-order valence-electron chi connectivity index (χ0n) is 18.7. The van der Waals surface area contributed by atoms with E-state index in [-0.39, 0.29) is 0 Å². The summed E-state index contributed by atoms with van der Waals surface area (Å²) in [5, 5.41) is 0. The molecule has 1 aromatic rings. The van der Waals surface area contributed by atoms with Crippen LogP contribution >= 0.6 is 27.3 Å². The third-order valence-corrected chi connectivity index (χ3v) is 26.3. The number of halogens is 1. The van der Waals surface area contributed by atoms with E-state index >= 15 is 0 Å². The molecule has 0 spiro atoms. The molecule has 0 aliphatic heterocycles. The first-order valence-corrected chi connectivity index (χ1v) is 21.0. The van der Waals surface area contributed by atoms with Crippen LogP contribution in [0.5, 0.6) is 0 Å². The molecule has 1 heterocycles. The third kappa shape index (κ3) is 9.55. The van der Waals surface area contributed by atoms with Crippen LogP contribution in [0.2, 0.25) is 13.3 Å². The molecule has 0 amide bonds. The average molecular weight is 564 g/mol. The Hall–Kier alpha value is 0.979. The molecular weight excluding hydrogens is 519 g/mol. The van der Waals surface area contributed by atoms with E-state index in [0.29, 0.717) is 0 Å². The van der Waals surface area contributed by atoms with Gasteiger partial charge in [0, 0.05) is 0 Å². The molecule has 0 bridgehead atoms. The molecule has 0 radical (unpaired) electrons. The van der Waals surface area contributed by atoms with Crippen LogP contribution in [-0.2, 0) is 6.42 Å². The number of hydrogen-bond donors (Lipinski definition) is 0. The van der Waals surface area contributed by atoms with Gasteiger partial charge in [0.2, 0.25) is 0 Å². The molecule has 0 aliphatic carbocycles. The van der Waals surface area contributed by atoms with E-state index in [2.05, 4.69) is 61.0 Å². The molecule has 158 valence electrons. The number of thiophene rings is 1. The van der Waals surface area contributed by atoms with Crippen LogP contribution in [0, 0.1) is 0 Å². The van der Waals surface area contributed by atoms with Crippen LogP contribution in [0.4, 0.5) is 0 Å². The van der Waals surface area contributed by atoms with Gasteiger partial charge in [0.15, 0.2) is 0 Å². The maximum atomic E-state index is 3.96. The van der Waals surface area contributed by atoms with Crippen LogP contribution < -0.4 is 2.89 Å². The standard InChI is InChI=1S/C12H18BrS.3C4H9.Sn/c1-2-3-4-5-6-7-8-11-9-10-14-12(11)13;3*1-3-4-2;/h9H,2-8H2,1H3;3*1,3-4H2,2H3;. The maximum absolute atomic E-state index is 3.96. The predicted octanol–water partition coefficient (Wildman–Crippen LogP) is 9.47. The van der Waals surface area contributed by atoms with Gasteiger partial charge >= 0.3 is 188 Å². The normalized spacial score (nSPS) is 12.0. The summed E-state index contributed by atoms with van der Waals surface area (Å²) in [6, 6.07) is 2.69. The number of hydrogen-bond acceptors (Lipinski definition) is 1. The Bertz CT molecular complexity index is 461. The summed E-state index contributed by atoms with van der Waals surface area (Å²) in [6.45, 7) is 9.44. The molecule has 0 nitrogen and oxygen atoms in total. The van der Waals surface area contributed by atoms with Gasteiger partial charge in [-0.25, -0.2) is 0 Å². The molecular formula is C24H45BrSSn. The fraction of sp³-hybridized carbons (Fsp3) is 0.833. The molecule has 0 saturated carbocycles. The third-order valence-electron chi connectivity index (χ3n) is 6.11. The Morgan fingerprint density at radius 2 is 1.19 bits per heavy atom. The monoisotopic (exact) mass is 564 g/mol. The molecule has 27 heavy (non-hydrogen) atoms. The Labute approximate surface area is 187 Å². The summed E-state index contributed by atoms with van der Waals surface area (Å²) >= 11 is 3.89. The van der Waals surface area contributed by atoms with Gasteiger partial charge in [-0.15, -0.1) is 0 Å². The molecule has 0 fully saturated rings. The molecule has 0 saturated heterocycles. The molecule has 1 aromatic heterocycles. The molecule has 3 heteroatoms. The second-order valence-corrected chi connectivity index (χ2v) is 25.0. The minimum absolute atomic E-state index is 1.29. The Balaban J connectivity index is 2.84. The quantitative estimate of drug-likeness (QED) is 0.131. The van der Waals surface area contributed by atoms with E-state index < -0.39 is 18.4 Å². The van der Waals surface area contributed by atoms with Gasteiger partial charge in [0.1, 0.15) is 0 Å². The van der Waals surface area contributed by atoms with Crippen molar-refractivity contribution in [2.75, 3.05) is 0 Å². The zero-order chi connectivity index (χ0) is 20.0. The van der Waals surface area contributed by atoms with Crippen LogP contribution in [-0.4, -0.2) is 18.4 Å². The SMILES string of the molecule is CCCCCCCCc1c[c]([Sn]([CH2]CCC)([CH2]CCC)[CH2]CCC)sc1Br. The first-order valence-electron chi connectivity index (χ1n) is 11.9. The number of rotatable bonds is 17. The topological polar surface area (TPSA) is 0 Å². The zero-order valence-corrected chi connectivity index (χ0v) is 23.9. The Morgan fingerprint density at radius 1 is 0.704 bits per heavy atom. The van der Waals surface area contributed by atoms with Gasteiger partial charge in [-0.05, 0) is 0 Å². The van der Waals surface area contributed by atoms with Crippen molar-refractivity contribution in [2.24, 2.45) is 0 Å². The van der Waals surface area contributed by atoms with Gasteiger partial charge in [-0.3, -0.25) is 0 Å². The van der Waals surface area contributed by atoms with Crippen molar-refractivity contribution >= 4 is 48.5 Å². The van der Waals surface area contributed by atoms with Gasteiger partial charge in [0.25, 0.3) is 0 Å². The van der Waals surface area contributed by atoms with Crippen molar-refractivity contribution in [1.82, 2.24) is 0 Å². The van der Waals surface area contributed by atoms with Crippen LogP contribution in [0.25, 0.3) is 0 Å². The Kier molecular flexibility index (Phi) is 15.2. The van der Waals surface area contributed by atoms with Crippen molar-refractivity contribution in [3.05, 3.63) is 15.4 Å². The molecule has 1 rings (SSSR count). The average Bonchev–Trinajstić information content (AvgIpc) is 3.05. The fourth-order valence-corrected chi connectivity index (χ4v) is 26.5. The summed E-state index contributed by atoms with van der Waals surface area (Å²) in [6.07, 6.45) is 18.2. The number of aryl methyl sites for hydroxylation is 1. The second kappa shape index (κ2) is 15.8. The van der Waals surface area contributed by atoms with Crippen LogP contribution in [0.3, 0.4) is 0 Å². The van der Waals surface area contributed by atoms with Crippen LogP contribution in [0.1, 0.15) is 110 Å². The first-order chi connectivity index (χ1) is 13.1. The van der Waals surface area contributed by atoms with Gasteiger partial charge in [-0.1, -0.05) is 0 Å². The van der Waals surface area contributed by atoms with Gasteiger partial charge in [-0.2, -0.15) is 0 Å². The predicted molar refractivity (Wildman–Crippen MR) is 134 cm³/mol. The van der Waals surface area contributed by atoms with Crippen molar-refractivity contribution in [3.63, 3.8) is 0 Å². The molecule has 0 aromatic carbocycles. The van der Waals surface area contributed by atoms with Gasteiger partial charge in [0.05, 0.1) is 0 Å². The summed E-state index contributed by atoms with van der Waals surface area (Å²) < 4.78 is 8.14. The summed E-state index contributed by atoms with van der Waals surface area (Å²) in [4.78, 5) is 0. The van der Waals surface area contributed by atoms with Crippen molar-refractivity contribution in [2.45, 2.75) is 124 Å². The molecule has 0 atom stereocenters. The summed E-state index contributed by atoms with van der Waals surface area (Å²) in [7, 11) is 0. The molecule has 0 unspecified atom stereocenters. The second-order valence-electron chi connectivity index (χ2n) is 8.52. The van der Waals surface area contributed by atoms with E-state index in [1.165, 1.54) is 87.3 Å². The van der Waals surface area contributed by atoms with E-state index in [9.17, 15) is 0 Å². The summed E-state index contributed by atoms with van der Waals surface area (Å²) in [5.74, 6) is 0. The molecule has 0 N–H and O–H groups in total. The van der Waals surface area contributed by atoms with Crippen molar-refractivity contribution in [3.8, 4) is 0 Å². The van der Waals surface area contributed by atoms with E-state index in [4.69, 9.17) is 0 Å². The number of unbranched alkanes of at least 4 members (excludes halogenated alkanes) is 8. The van der Waals surface area contributed by atoms with E-state index in [0.717, 1.165) is 0 Å². The van der Waals surface area contributed by atoms with E-state index in [1.807, 2.05) is 2.89 Å². The van der Waals surface area contributed by atoms with Crippen molar-refractivity contribution in [1.29, 1.82) is 0 Å². The Morgan fingerprint density at radius 3 is 1.70 bits per heavy atom. The van der Waals surface area contributed by atoms with E-state index in [1.54, 1.807) is 18.9 Å². The van der Waals surface area contributed by atoms with Gasteiger partial charge < -0.3 is 0 Å². The van der Waals surface area contributed by atoms with Crippen LogP contribution in [0.15, 0.2) is 9.85 Å². The minimum atomic E-state index is -2.22. The molecule has 0 aliphatic rings. The summed E-state index contributed by atoms with van der Waals surface area (Å²) in [5.41, 5.74) is 1.64. The first kappa shape index (κ1) is 26.0.